The van der Waals surface area contributed by atoms with Crippen LogP contribution in [0.25, 0.3) is 0 Å². The highest BCUT2D eigenvalue weighted by atomic mass is 16.5. The fourth-order valence-electron chi connectivity index (χ4n) is 3.04. The molecule has 1 heterocycles. The van der Waals surface area contributed by atoms with Crippen LogP contribution in [-0.2, 0) is 0 Å². The lowest BCUT2D eigenvalue weighted by atomic mass is 9.92. The van der Waals surface area contributed by atoms with E-state index < -0.39 is 0 Å². The number of nitrogens with zero attached hydrogens (tertiary/aromatic N) is 2. The molecule has 0 amide bonds. The molecule has 1 aliphatic rings. The smallest absolute Gasteiger partial charge is 0.120 e. The molecule has 3 nitrogen and oxygen atoms in total. The highest BCUT2D eigenvalue weighted by Gasteiger charge is 2.17. The molecule has 0 unspecified atom stereocenters. The Bertz CT molecular complexity index is 459. The Morgan fingerprint density at radius 3 is 2.86 bits per heavy atom. The van der Waals surface area contributed by atoms with E-state index >= 15 is 0 Å². The molecule has 1 aliphatic heterocycles. The summed E-state index contributed by atoms with van der Waals surface area (Å²) in [7, 11) is 0. The maximum Gasteiger partial charge on any atom is 0.120 e. The number of hydrogen-bond donors (Lipinski definition) is 0. The van der Waals surface area contributed by atoms with Crippen molar-refractivity contribution >= 4 is 0 Å². The molecule has 0 spiro atoms. The predicted octanol–water partition coefficient (Wildman–Crippen LogP) is 3.84. The van der Waals surface area contributed by atoms with Gasteiger partial charge in [-0.25, -0.2) is 0 Å². The van der Waals surface area contributed by atoms with Crippen LogP contribution in [-0.4, -0.2) is 31.1 Å². The van der Waals surface area contributed by atoms with Crippen molar-refractivity contribution < 1.29 is 4.74 Å². The van der Waals surface area contributed by atoms with Crippen LogP contribution in [0.4, 0.5) is 0 Å². The minimum Gasteiger partial charge on any atom is -0.494 e. The van der Waals surface area contributed by atoms with Gasteiger partial charge in [-0.05, 0) is 56.5 Å². The Labute approximate surface area is 128 Å². The van der Waals surface area contributed by atoms with Gasteiger partial charge in [-0.1, -0.05) is 25.8 Å². The molecule has 1 aromatic rings. The van der Waals surface area contributed by atoms with E-state index in [2.05, 4.69) is 17.9 Å². The largest absolute Gasteiger partial charge is 0.494 e. The second-order valence-corrected chi connectivity index (χ2v) is 5.92. The van der Waals surface area contributed by atoms with E-state index in [4.69, 9.17) is 10.00 Å². The van der Waals surface area contributed by atoms with Crippen LogP contribution in [0.1, 0.15) is 44.6 Å². The number of piperidine rings is 1. The van der Waals surface area contributed by atoms with Gasteiger partial charge in [0.15, 0.2) is 0 Å². The lowest BCUT2D eigenvalue weighted by Crippen LogP contribution is -2.34. The maximum absolute atomic E-state index is 8.85. The molecule has 1 aromatic carbocycles. The van der Waals surface area contributed by atoms with Crippen molar-refractivity contribution in [3.8, 4) is 11.8 Å². The van der Waals surface area contributed by atoms with E-state index in [1.807, 2.05) is 12.1 Å². The summed E-state index contributed by atoms with van der Waals surface area (Å²) in [6.07, 6.45) is 6.49. The summed E-state index contributed by atoms with van der Waals surface area (Å²) in [4.78, 5) is 2.56. The molecule has 114 valence electrons. The number of ether oxygens (including phenoxy) is 1. The molecule has 21 heavy (non-hydrogen) atoms. The summed E-state index contributed by atoms with van der Waals surface area (Å²) in [5.41, 5.74) is 0.658. The first-order valence-electron chi connectivity index (χ1n) is 8.17. The summed E-state index contributed by atoms with van der Waals surface area (Å²) in [6, 6.07) is 9.52. The monoisotopic (exact) mass is 286 g/mol. The van der Waals surface area contributed by atoms with E-state index in [1.54, 1.807) is 12.1 Å². The molecule has 0 saturated carbocycles. The van der Waals surface area contributed by atoms with Gasteiger partial charge in [-0.3, -0.25) is 0 Å². The van der Waals surface area contributed by atoms with Crippen LogP contribution >= 0.6 is 0 Å². The van der Waals surface area contributed by atoms with Crippen molar-refractivity contribution in [3.05, 3.63) is 29.8 Å². The fourth-order valence-corrected chi connectivity index (χ4v) is 3.04. The maximum atomic E-state index is 8.85. The van der Waals surface area contributed by atoms with E-state index in [9.17, 15) is 0 Å². The van der Waals surface area contributed by atoms with Crippen LogP contribution in [0, 0.1) is 17.2 Å². The highest BCUT2D eigenvalue weighted by molar-refractivity contribution is 5.36. The molecule has 0 aliphatic carbocycles. The van der Waals surface area contributed by atoms with E-state index in [0.717, 1.165) is 31.2 Å². The van der Waals surface area contributed by atoms with Crippen molar-refractivity contribution in [1.29, 1.82) is 5.26 Å². The van der Waals surface area contributed by atoms with Crippen molar-refractivity contribution in [2.75, 3.05) is 26.2 Å². The van der Waals surface area contributed by atoms with Crippen molar-refractivity contribution in [3.63, 3.8) is 0 Å². The van der Waals surface area contributed by atoms with Crippen molar-refractivity contribution in [2.24, 2.45) is 5.92 Å². The van der Waals surface area contributed by atoms with Crippen LogP contribution in [0.5, 0.6) is 5.75 Å². The summed E-state index contributed by atoms with van der Waals surface area (Å²) in [5, 5.41) is 8.85. The fraction of sp³-hybridized carbons (Fsp3) is 0.611. The minimum absolute atomic E-state index is 0.658. The molecule has 0 bridgehead atoms. The van der Waals surface area contributed by atoms with E-state index in [1.165, 1.54) is 38.8 Å². The number of hydrogen-bond acceptors (Lipinski definition) is 3. The zero-order valence-corrected chi connectivity index (χ0v) is 13.1. The molecule has 0 N–H and O–H groups in total. The number of rotatable bonds is 7. The molecular weight excluding hydrogens is 260 g/mol. The van der Waals surface area contributed by atoms with Gasteiger partial charge >= 0.3 is 0 Å². The number of benzene rings is 1. The molecule has 2 rings (SSSR count). The summed E-state index contributed by atoms with van der Waals surface area (Å²) < 4.78 is 5.72. The molecule has 3 heteroatoms. The summed E-state index contributed by atoms with van der Waals surface area (Å²) in [5.74, 6) is 1.76. The second kappa shape index (κ2) is 8.69. The Kier molecular flexibility index (Phi) is 6.56. The molecule has 0 aromatic heterocycles. The molecular formula is C18H26N2O. The summed E-state index contributed by atoms with van der Waals surface area (Å²) >= 11 is 0. The Balaban J connectivity index is 1.61. The van der Waals surface area contributed by atoms with E-state index in [-0.39, 0.29) is 0 Å². The zero-order chi connectivity index (χ0) is 14.9. The first-order chi connectivity index (χ1) is 10.3. The first kappa shape index (κ1) is 15.9. The highest BCUT2D eigenvalue weighted by Crippen LogP contribution is 2.21. The lowest BCUT2D eigenvalue weighted by Gasteiger charge is -2.31. The average Bonchev–Trinajstić information content (AvgIpc) is 2.53. The van der Waals surface area contributed by atoms with Gasteiger partial charge in [-0.2, -0.15) is 5.26 Å². The van der Waals surface area contributed by atoms with Crippen LogP contribution in [0.3, 0.4) is 0 Å². The molecule has 1 fully saturated rings. The third-order valence-electron chi connectivity index (χ3n) is 4.25. The Morgan fingerprint density at radius 1 is 1.33 bits per heavy atom. The van der Waals surface area contributed by atoms with Crippen LogP contribution < -0.4 is 4.74 Å². The third kappa shape index (κ3) is 5.40. The molecule has 1 saturated heterocycles. The standard InChI is InChI=1S/C18H26N2O/c1-2-5-16-8-11-20(12-9-16)10-4-13-21-18-7-3-6-17(14-18)15-19/h3,6-7,14,16H,2,4-5,8-13H2,1H3. The van der Waals surface area contributed by atoms with Crippen molar-refractivity contribution in [2.45, 2.75) is 39.0 Å². The predicted molar refractivity (Wildman–Crippen MR) is 85.3 cm³/mol. The van der Waals surface area contributed by atoms with E-state index in [0.29, 0.717) is 5.56 Å². The average molecular weight is 286 g/mol. The van der Waals surface area contributed by atoms with Gasteiger partial charge in [0.1, 0.15) is 5.75 Å². The SMILES string of the molecule is CCCC1CCN(CCCOc2cccc(C#N)c2)CC1. The number of likely N-dealkylation sites (tertiary alicyclic amines) is 1. The van der Waals surface area contributed by atoms with Gasteiger partial charge in [0.2, 0.25) is 0 Å². The topological polar surface area (TPSA) is 36.3 Å². The minimum atomic E-state index is 0.658. The summed E-state index contributed by atoms with van der Waals surface area (Å²) in [6.45, 7) is 6.62. The van der Waals surface area contributed by atoms with Crippen LogP contribution in [0.15, 0.2) is 24.3 Å². The molecule has 0 atom stereocenters. The Morgan fingerprint density at radius 2 is 2.14 bits per heavy atom. The first-order valence-corrected chi connectivity index (χ1v) is 8.17. The van der Waals surface area contributed by atoms with Gasteiger partial charge < -0.3 is 9.64 Å². The van der Waals surface area contributed by atoms with Crippen molar-refractivity contribution in [1.82, 2.24) is 4.90 Å². The van der Waals surface area contributed by atoms with Gasteiger partial charge in [0.05, 0.1) is 18.2 Å². The zero-order valence-electron chi connectivity index (χ0n) is 13.1. The third-order valence-corrected chi connectivity index (χ3v) is 4.25. The normalized spacial score (nSPS) is 16.6. The lowest BCUT2D eigenvalue weighted by molar-refractivity contribution is 0.166. The Hall–Kier alpha value is -1.53. The van der Waals surface area contributed by atoms with Crippen LogP contribution in [0.2, 0.25) is 0 Å². The van der Waals surface area contributed by atoms with Gasteiger partial charge in [0, 0.05) is 6.54 Å². The van der Waals surface area contributed by atoms with Gasteiger partial charge in [-0.15, -0.1) is 0 Å². The second-order valence-electron chi connectivity index (χ2n) is 5.92. The quantitative estimate of drug-likeness (QED) is 0.715. The van der Waals surface area contributed by atoms with Gasteiger partial charge in [0.25, 0.3) is 0 Å². The number of nitriles is 1. The molecule has 0 radical (unpaired) electrons.